The van der Waals surface area contributed by atoms with Crippen molar-refractivity contribution in [1.82, 2.24) is 0 Å². The van der Waals surface area contributed by atoms with Crippen molar-refractivity contribution >= 4 is 0 Å². The molecule has 0 bridgehead atoms. The minimum absolute atomic E-state index is 0.143. The van der Waals surface area contributed by atoms with Crippen LogP contribution in [0.1, 0.15) is 43.0 Å². The van der Waals surface area contributed by atoms with Crippen LogP contribution in [-0.2, 0) is 15.6 Å². The largest absolute Gasteiger partial charge is 0.377 e. The number of aryl methyl sites for hydroxylation is 2. The van der Waals surface area contributed by atoms with Crippen LogP contribution < -0.4 is 0 Å². The number of nitriles is 1. The predicted octanol–water partition coefficient (Wildman–Crippen LogP) is 3.39. The minimum atomic E-state index is -0.412. The highest BCUT2D eigenvalue weighted by Gasteiger charge is 2.43. The van der Waals surface area contributed by atoms with Gasteiger partial charge in [-0.05, 0) is 41.5 Å². The van der Waals surface area contributed by atoms with Gasteiger partial charge in [0.2, 0.25) is 0 Å². The summed E-state index contributed by atoms with van der Waals surface area (Å²) < 4.78 is 5.27. The molecule has 1 saturated heterocycles. The first kappa shape index (κ1) is 13.1. The van der Waals surface area contributed by atoms with E-state index in [0.717, 1.165) is 0 Å². The van der Waals surface area contributed by atoms with Gasteiger partial charge < -0.3 is 4.74 Å². The summed E-state index contributed by atoms with van der Waals surface area (Å²) in [7, 11) is 0. The molecule has 2 nitrogen and oxygen atoms in total. The van der Waals surface area contributed by atoms with E-state index in [2.05, 4.69) is 52.8 Å². The van der Waals surface area contributed by atoms with Crippen LogP contribution in [0.2, 0.25) is 0 Å². The van der Waals surface area contributed by atoms with E-state index >= 15 is 0 Å². The first-order valence-corrected chi connectivity index (χ1v) is 6.41. The minimum Gasteiger partial charge on any atom is -0.377 e. The molecule has 0 aromatic heterocycles. The molecule has 1 aliphatic rings. The Morgan fingerprint density at radius 3 is 1.94 bits per heavy atom. The third-order valence-corrected chi connectivity index (χ3v) is 3.79. The van der Waals surface area contributed by atoms with Gasteiger partial charge in [0.05, 0.1) is 19.3 Å². The zero-order valence-electron chi connectivity index (χ0n) is 11.9. The van der Waals surface area contributed by atoms with E-state index in [1.165, 1.54) is 22.3 Å². The average Bonchev–Trinajstić information content (AvgIpc) is 2.19. The summed E-state index contributed by atoms with van der Waals surface area (Å²) in [5.74, 6) is 0. The van der Waals surface area contributed by atoms with Crippen LogP contribution in [0.4, 0.5) is 0 Å². The van der Waals surface area contributed by atoms with Crippen molar-refractivity contribution in [2.45, 2.75) is 45.4 Å². The molecule has 0 amide bonds. The fourth-order valence-electron chi connectivity index (χ4n) is 2.72. The molecule has 0 spiro atoms. The molecule has 0 saturated carbocycles. The molecular weight excluding hydrogens is 222 g/mol. The first-order chi connectivity index (χ1) is 8.30. The van der Waals surface area contributed by atoms with Gasteiger partial charge >= 0.3 is 0 Å². The van der Waals surface area contributed by atoms with Crippen molar-refractivity contribution < 1.29 is 4.74 Å². The Morgan fingerprint density at radius 1 is 1.17 bits per heavy atom. The van der Waals surface area contributed by atoms with E-state index in [4.69, 9.17) is 4.74 Å². The van der Waals surface area contributed by atoms with Gasteiger partial charge in [0.25, 0.3) is 0 Å². The van der Waals surface area contributed by atoms with Gasteiger partial charge in [0.1, 0.15) is 5.41 Å². The van der Waals surface area contributed by atoms with Gasteiger partial charge in [-0.2, -0.15) is 5.26 Å². The first-order valence-electron chi connectivity index (χ1n) is 6.41. The predicted molar refractivity (Wildman–Crippen MR) is 72.7 cm³/mol. The van der Waals surface area contributed by atoms with Gasteiger partial charge in [-0.25, -0.2) is 0 Å². The van der Waals surface area contributed by atoms with E-state index in [1.807, 2.05) is 0 Å². The van der Waals surface area contributed by atoms with Gasteiger partial charge in [0.15, 0.2) is 0 Å². The average molecular weight is 243 g/mol. The third-order valence-electron chi connectivity index (χ3n) is 3.79. The number of benzene rings is 1. The Morgan fingerprint density at radius 2 is 1.67 bits per heavy atom. The molecule has 18 heavy (non-hydrogen) atoms. The van der Waals surface area contributed by atoms with Crippen molar-refractivity contribution in [1.29, 1.82) is 5.26 Å². The second-order valence-corrected chi connectivity index (χ2v) is 6.42. The Kier molecular flexibility index (Phi) is 2.99. The normalized spacial score (nSPS) is 18.0. The number of hydrogen-bond acceptors (Lipinski definition) is 2. The molecule has 1 heterocycles. The van der Waals surface area contributed by atoms with Gasteiger partial charge in [-0.1, -0.05) is 32.9 Å². The zero-order valence-corrected chi connectivity index (χ0v) is 11.9. The summed E-state index contributed by atoms with van der Waals surface area (Å²) in [5, 5.41) is 9.44. The second-order valence-electron chi connectivity index (χ2n) is 6.42. The van der Waals surface area contributed by atoms with Crippen molar-refractivity contribution in [3.63, 3.8) is 0 Å². The van der Waals surface area contributed by atoms with Crippen molar-refractivity contribution in [2.24, 2.45) is 0 Å². The van der Waals surface area contributed by atoms with Gasteiger partial charge in [0, 0.05) is 0 Å². The SMILES string of the molecule is Cc1cc(C(C)(C)C)cc(C)c1C1(C#N)COC1. The maximum atomic E-state index is 9.44. The van der Waals surface area contributed by atoms with E-state index in [-0.39, 0.29) is 5.41 Å². The molecule has 1 aliphatic heterocycles. The molecule has 1 fully saturated rings. The standard InChI is InChI=1S/C16H21NO/c1-11-6-13(15(3,4)5)7-12(2)14(11)16(8-17)9-18-10-16/h6-7H,9-10H2,1-5H3. The van der Waals surface area contributed by atoms with Crippen LogP contribution in [-0.4, -0.2) is 13.2 Å². The summed E-state index contributed by atoms with van der Waals surface area (Å²) >= 11 is 0. The zero-order chi connectivity index (χ0) is 13.6. The lowest BCUT2D eigenvalue weighted by atomic mass is 9.73. The maximum absolute atomic E-state index is 9.44. The molecule has 96 valence electrons. The molecule has 0 aliphatic carbocycles. The summed E-state index contributed by atoms with van der Waals surface area (Å²) in [6.07, 6.45) is 0. The maximum Gasteiger partial charge on any atom is 0.129 e. The second kappa shape index (κ2) is 4.10. The number of nitrogens with zero attached hydrogens (tertiary/aromatic N) is 1. The Bertz CT molecular complexity index is 490. The summed E-state index contributed by atoms with van der Waals surface area (Å²) in [6, 6.07) is 6.89. The summed E-state index contributed by atoms with van der Waals surface area (Å²) in [4.78, 5) is 0. The van der Waals surface area contributed by atoms with Crippen LogP contribution in [0.15, 0.2) is 12.1 Å². The highest BCUT2D eigenvalue weighted by Crippen LogP contribution is 2.38. The third kappa shape index (κ3) is 1.93. The van der Waals surface area contributed by atoms with Crippen LogP contribution in [0.5, 0.6) is 0 Å². The monoisotopic (exact) mass is 243 g/mol. The summed E-state index contributed by atoms with van der Waals surface area (Å²) in [5.41, 5.74) is 4.66. The molecule has 0 atom stereocenters. The van der Waals surface area contributed by atoms with E-state index in [0.29, 0.717) is 13.2 Å². The molecule has 0 unspecified atom stereocenters. The lowest BCUT2D eigenvalue weighted by molar-refractivity contribution is -0.0303. The molecular formula is C16H21NO. The van der Waals surface area contributed by atoms with E-state index < -0.39 is 5.41 Å². The molecule has 2 heteroatoms. The van der Waals surface area contributed by atoms with E-state index in [1.54, 1.807) is 0 Å². The van der Waals surface area contributed by atoms with Gasteiger partial charge in [-0.3, -0.25) is 0 Å². The van der Waals surface area contributed by atoms with Crippen LogP contribution in [0.25, 0.3) is 0 Å². The highest BCUT2D eigenvalue weighted by atomic mass is 16.5. The van der Waals surface area contributed by atoms with Crippen molar-refractivity contribution in [3.05, 3.63) is 34.4 Å². The topological polar surface area (TPSA) is 33.0 Å². The molecule has 0 N–H and O–H groups in total. The smallest absolute Gasteiger partial charge is 0.129 e. The van der Waals surface area contributed by atoms with Crippen LogP contribution in [0.3, 0.4) is 0 Å². The lowest BCUT2D eigenvalue weighted by Crippen LogP contribution is -2.46. The molecule has 0 radical (unpaired) electrons. The molecule has 2 rings (SSSR count). The Balaban J connectivity index is 2.56. The van der Waals surface area contributed by atoms with Gasteiger partial charge in [-0.15, -0.1) is 0 Å². The molecule has 1 aromatic carbocycles. The van der Waals surface area contributed by atoms with Crippen LogP contribution in [0, 0.1) is 25.2 Å². The number of rotatable bonds is 1. The highest BCUT2D eigenvalue weighted by molar-refractivity contribution is 5.49. The van der Waals surface area contributed by atoms with Crippen molar-refractivity contribution in [2.75, 3.05) is 13.2 Å². The summed E-state index contributed by atoms with van der Waals surface area (Å²) in [6.45, 7) is 11.9. The van der Waals surface area contributed by atoms with Crippen LogP contribution >= 0.6 is 0 Å². The van der Waals surface area contributed by atoms with Crippen molar-refractivity contribution in [3.8, 4) is 6.07 Å². The number of ether oxygens (including phenoxy) is 1. The lowest BCUT2D eigenvalue weighted by Gasteiger charge is -2.38. The fourth-order valence-corrected chi connectivity index (χ4v) is 2.72. The Labute approximate surface area is 110 Å². The quantitative estimate of drug-likeness (QED) is 0.757. The fraction of sp³-hybridized carbons (Fsp3) is 0.562. The van der Waals surface area contributed by atoms with E-state index in [9.17, 15) is 5.26 Å². The number of hydrogen-bond donors (Lipinski definition) is 0. The molecule has 1 aromatic rings. The Hall–Kier alpha value is -1.33.